The predicted molar refractivity (Wildman–Crippen MR) is 96.2 cm³/mol. The van der Waals surface area contributed by atoms with E-state index >= 15 is 0 Å². The van der Waals surface area contributed by atoms with E-state index in [0.29, 0.717) is 5.91 Å². The summed E-state index contributed by atoms with van der Waals surface area (Å²) in [5.41, 5.74) is -0.174. The van der Waals surface area contributed by atoms with Crippen LogP contribution in [0.5, 0.6) is 0 Å². The average Bonchev–Trinajstić information content (AvgIpc) is 3.00. The molecule has 1 aromatic heterocycles. The minimum Gasteiger partial charge on any atom is -0.355 e. The smallest absolute Gasteiger partial charge is 0.230 e. The lowest BCUT2D eigenvalue weighted by Crippen LogP contribution is -2.51. The van der Waals surface area contributed by atoms with Crippen LogP contribution >= 0.6 is 11.8 Å². The number of thioether (sulfide) groups is 1. The molecule has 0 radical (unpaired) electrons. The summed E-state index contributed by atoms with van der Waals surface area (Å²) in [7, 11) is 0. The second-order valence-electron chi connectivity index (χ2n) is 7.51. The lowest BCUT2D eigenvalue weighted by Gasteiger charge is -2.42. The Morgan fingerprint density at radius 3 is 2.92 bits per heavy atom. The molecule has 3 heterocycles. The van der Waals surface area contributed by atoms with Crippen molar-refractivity contribution >= 4 is 23.5 Å². The van der Waals surface area contributed by atoms with Gasteiger partial charge in [-0.1, -0.05) is 18.2 Å². The van der Waals surface area contributed by atoms with Crippen LogP contribution in [0.25, 0.3) is 0 Å². The number of likely N-dealkylation sites (tertiary alicyclic amines) is 1. The van der Waals surface area contributed by atoms with Gasteiger partial charge in [0.05, 0.1) is 5.41 Å². The Kier molecular flexibility index (Phi) is 4.41. The largest absolute Gasteiger partial charge is 0.355 e. The highest BCUT2D eigenvalue weighted by Crippen LogP contribution is 2.42. The summed E-state index contributed by atoms with van der Waals surface area (Å²) >= 11 is 1.56. The van der Waals surface area contributed by atoms with Crippen molar-refractivity contribution in [1.82, 2.24) is 14.9 Å². The van der Waals surface area contributed by atoms with Gasteiger partial charge in [0.25, 0.3) is 0 Å². The third-order valence-electron chi connectivity index (χ3n) is 6.01. The van der Waals surface area contributed by atoms with Crippen molar-refractivity contribution < 1.29 is 4.79 Å². The summed E-state index contributed by atoms with van der Waals surface area (Å²) in [5.74, 6) is 2.13. The first-order valence-corrected chi connectivity index (χ1v) is 10.3. The fraction of sp³-hybridized carbons (Fsp3) is 0.722. The van der Waals surface area contributed by atoms with Gasteiger partial charge in [0.1, 0.15) is 5.82 Å². The first-order valence-electron chi connectivity index (χ1n) is 9.12. The summed E-state index contributed by atoms with van der Waals surface area (Å²) in [5, 5.41) is 0.801. The third kappa shape index (κ3) is 2.89. The quantitative estimate of drug-likeness (QED) is 0.620. The molecule has 1 aliphatic carbocycles. The van der Waals surface area contributed by atoms with Crippen molar-refractivity contribution in [2.24, 2.45) is 11.3 Å². The van der Waals surface area contributed by atoms with Crippen molar-refractivity contribution in [2.75, 3.05) is 37.3 Å². The van der Waals surface area contributed by atoms with Gasteiger partial charge >= 0.3 is 0 Å². The van der Waals surface area contributed by atoms with Crippen LogP contribution < -0.4 is 4.90 Å². The van der Waals surface area contributed by atoms with E-state index in [0.717, 1.165) is 62.3 Å². The molecule has 0 N–H and O–H groups in total. The molecule has 4 rings (SSSR count). The van der Waals surface area contributed by atoms with Crippen LogP contribution in [-0.4, -0.2) is 53.2 Å². The Morgan fingerprint density at radius 2 is 2.17 bits per heavy atom. The van der Waals surface area contributed by atoms with E-state index in [1.54, 1.807) is 11.8 Å². The Labute approximate surface area is 148 Å². The molecule has 0 bridgehead atoms. The zero-order chi connectivity index (χ0) is 16.6. The van der Waals surface area contributed by atoms with E-state index in [1.165, 1.54) is 19.3 Å². The first-order chi connectivity index (χ1) is 11.7. The van der Waals surface area contributed by atoms with Crippen molar-refractivity contribution in [1.29, 1.82) is 0 Å². The Hall–Kier alpha value is -1.30. The number of amides is 1. The molecule has 6 heteroatoms. The zero-order valence-electron chi connectivity index (χ0n) is 14.4. The summed E-state index contributed by atoms with van der Waals surface area (Å²) < 4.78 is 0. The molecule has 1 atom stereocenters. The van der Waals surface area contributed by atoms with Gasteiger partial charge in [-0.3, -0.25) is 4.79 Å². The van der Waals surface area contributed by atoms with Crippen molar-refractivity contribution in [3.05, 3.63) is 12.3 Å². The molecule has 2 saturated heterocycles. The van der Waals surface area contributed by atoms with Gasteiger partial charge in [0.15, 0.2) is 5.16 Å². The highest BCUT2D eigenvalue weighted by Gasteiger charge is 2.49. The van der Waals surface area contributed by atoms with Crippen LogP contribution in [0, 0.1) is 11.3 Å². The number of piperidine rings is 1. The molecule has 0 aromatic carbocycles. The second kappa shape index (κ2) is 6.54. The number of carbonyl (C=O) groups excluding carboxylic acids is 1. The van der Waals surface area contributed by atoms with E-state index in [2.05, 4.69) is 19.8 Å². The summed E-state index contributed by atoms with van der Waals surface area (Å²) in [6.07, 6.45) is 10.9. The maximum atomic E-state index is 13.2. The first kappa shape index (κ1) is 16.2. The number of nitrogens with zero attached hydrogens (tertiary/aromatic N) is 4. The molecule has 1 amide bonds. The summed E-state index contributed by atoms with van der Waals surface area (Å²) in [6.45, 7) is 3.69. The minimum absolute atomic E-state index is 0.174. The number of hydrogen-bond donors (Lipinski definition) is 0. The van der Waals surface area contributed by atoms with Gasteiger partial charge in [0, 0.05) is 32.4 Å². The molecule has 3 aliphatic rings. The maximum Gasteiger partial charge on any atom is 0.230 e. The van der Waals surface area contributed by atoms with Crippen LogP contribution in [0.1, 0.15) is 38.5 Å². The summed E-state index contributed by atoms with van der Waals surface area (Å²) in [4.78, 5) is 26.5. The Morgan fingerprint density at radius 1 is 1.29 bits per heavy atom. The van der Waals surface area contributed by atoms with Crippen LogP contribution in [0.4, 0.5) is 5.82 Å². The van der Waals surface area contributed by atoms with Gasteiger partial charge in [-0.25, -0.2) is 9.97 Å². The molecule has 1 aromatic rings. The standard InChI is InChI=1S/C18H26N4OS/c1-24-17-19-9-6-15(20-17)22-11-8-18(13-22)7-3-10-21(16(18)23)12-14-4-2-5-14/h6,9,14H,2-5,7-8,10-13H2,1H3/t18-/m0/s1. The van der Waals surface area contributed by atoms with Gasteiger partial charge in [-0.2, -0.15) is 0 Å². The average molecular weight is 347 g/mol. The molecule has 1 saturated carbocycles. The Balaban J connectivity index is 1.48. The molecule has 3 fully saturated rings. The lowest BCUT2D eigenvalue weighted by atomic mass is 9.77. The number of carbonyl (C=O) groups is 1. The van der Waals surface area contributed by atoms with Crippen LogP contribution in [0.2, 0.25) is 0 Å². The number of anilines is 1. The van der Waals surface area contributed by atoms with E-state index in [9.17, 15) is 4.79 Å². The monoisotopic (exact) mass is 346 g/mol. The van der Waals surface area contributed by atoms with Gasteiger partial charge in [0.2, 0.25) is 5.91 Å². The zero-order valence-corrected chi connectivity index (χ0v) is 15.2. The molecule has 130 valence electrons. The van der Waals surface area contributed by atoms with Crippen LogP contribution in [0.3, 0.4) is 0 Å². The van der Waals surface area contributed by atoms with Crippen molar-refractivity contribution in [3.63, 3.8) is 0 Å². The van der Waals surface area contributed by atoms with E-state index in [1.807, 2.05) is 18.5 Å². The van der Waals surface area contributed by atoms with Gasteiger partial charge in [-0.05, 0) is 50.3 Å². The normalized spacial score (nSPS) is 27.8. The molecular weight excluding hydrogens is 320 g/mol. The molecular formula is C18H26N4OS. The van der Waals surface area contributed by atoms with Gasteiger partial charge in [-0.15, -0.1) is 0 Å². The van der Waals surface area contributed by atoms with E-state index < -0.39 is 0 Å². The molecule has 24 heavy (non-hydrogen) atoms. The SMILES string of the molecule is CSc1nccc(N2CC[C@@]3(CCCN(CC4CCC4)C3=O)C2)n1. The second-order valence-corrected chi connectivity index (χ2v) is 8.28. The molecule has 1 spiro atoms. The van der Waals surface area contributed by atoms with Crippen molar-refractivity contribution in [2.45, 2.75) is 43.7 Å². The maximum absolute atomic E-state index is 13.2. The van der Waals surface area contributed by atoms with E-state index in [4.69, 9.17) is 0 Å². The van der Waals surface area contributed by atoms with Crippen LogP contribution in [0.15, 0.2) is 17.4 Å². The Bertz CT molecular complexity index is 621. The minimum atomic E-state index is -0.174. The summed E-state index contributed by atoms with van der Waals surface area (Å²) in [6, 6.07) is 1.97. The highest BCUT2D eigenvalue weighted by molar-refractivity contribution is 7.98. The fourth-order valence-electron chi connectivity index (χ4n) is 4.37. The topological polar surface area (TPSA) is 49.3 Å². The van der Waals surface area contributed by atoms with E-state index in [-0.39, 0.29) is 5.41 Å². The lowest BCUT2D eigenvalue weighted by molar-refractivity contribution is -0.146. The highest BCUT2D eigenvalue weighted by atomic mass is 32.2. The number of aromatic nitrogens is 2. The molecule has 5 nitrogen and oxygen atoms in total. The number of rotatable bonds is 4. The van der Waals surface area contributed by atoms with Gasteiger partial charge < -0.3 is 9.80 Å². The third-order valence-corrected chi connectivity index (χ3v) is 6.57. The molecule has 2 aliphatic heterocycles. The fourth-order valence-corrected chi connectivity index (χ4v) is 4.72. The predicted octanol–water partition coefficient (Wildman–Crippen LogP) is 2.82. The number of hydrogen-bond acceptors (Lipinski definition) is 5. The molecule has 0 unspecified atom stereocenters. The van der Waals surface area contributed by atoms with Crippen molar-refractivity contribution in [3.8, 4) is 0 Å². The van der Waals surface area contributed by atoms with Crippen LogP contribution in [-0.2, 0) is 4.79 Å².